The highest BCUT2D eigenvalue weighted by molar-refractivity contribution is 7.26. The van der Waals surface area contributed by atoms with Crippen molar-refractivity contribution in [3.63, 3.8) is 0 Å². The van der Waals surface area contributed by atoms with E-state index in [0.717, 1.165) is 34.1 Å². The standard InChI is InChI=1S/C58H39NS.C48H31NS2/c1-3-13-41(14-4-1)53-35-29-46(38-55(53)43-15-5-2-6-16-43)40-25-31-48(32-26-40)59(49-33-27-44(28-34-49)52-23-12-18-42-17-7-8-21-51(42)52)50-20-11-19-45(37-50)47-30-36-58-56(39-47)54-22-9-10-24-57(54)60-58;1-3-11-33(12-4-1)39-26-21-35(29-44(39)34-13-5-2-6-14-34)32-19-22-36(23-20-32)49(37-24-27-42-40-15-7-9-17-45(40)50-47(42)30-37)38-25-28-43-41-16-8-10-18-46(41)51-48(43)31-38/h1-39H;1-31H. The summed E-state index contributed by atoms with van der Waals surface area (Å²) < 4.78 is 7.87. The minimum absolute atomic E-state index is 1.09. The summed E-state index contributed by atoms with van der Waals surface area (Å²) in [5.74, 6) is 0. The third kappa shape index (κ3) is 13.0. The Morgan fingerprint density at radius 3 is 0.937 bits per heavy atom. The van der Waals surface area contributed by atoms with E-state index in [4.69, 9.17) is 0 Å². The van der Waals surface area contributed by atoms with E-state index in [-0.39, 0.29) is 0 Å². The Bertz CT molecular complexity index is 6870. The predicted molar refractivity (Wildman–Crippen MR) is 482 cm³/mol. The molecule has 5 heteroatoms. The molecule has 111 heavy (non-hydrogen) atoms. The van der Waals surface area contributed by atoms with Crippen LogP contribution in [0.25, 0.3) is 160 Å². The van der Waals surface area contributed by atoms with Gasteiger partial charge in [0.2, 0.25) is 0 Å². The predicted octanol–water partition coefficient (Wildman–Crippen LogP) is 31.9. The first-order chi connectivity index (χ1) is 55.0. The second-order valence-corrected chi connectivity index (χ2v) is 31.5. The van der Waals surface area contributed by atoms with E-state index < -0.39 is 0 Å². The summed E-state index contributed by atoms with van der Waals surface area (Å²) in [6, 6.07) is 155. The van der Waals surface area contributed by atoms with E-state index in [1.807, 2.05) is 34.0 Å². The van der Waals surface area contributed by atoms with Crippen molar-refractivity contribution >= 4 is 139 Å². The summed E-state index contributed by atoms with van der Waals surface area (Å²) in [5, 5.41) is 10.4. The molecule has 0 atom stereocenters. The molecular formula is C106H70N2S3. The lowest BCUT2D eigenvalue weighted by Crippen LogP contribution is -2.10. The quantitative estimate of drug-likeness (QED) is 0.107. The van der Waals surface area contributed by atoms with Gasteiger partial charge >= 0.3 is 0 Å². The zero-order valence-corrected chi connectivity index (χ0v) is 63.0. The van der Waals surface area contributed by atoms with Crippen molar-refractivity contribution in [1.29, 1.82) is 0 Å². The molecule has 0 fully saturated rings. The number of anilines is 6. The molecule has 3 aromatic heterocycles. The first-order valence-electron chi connectivity index (χ1n) is 37.7. The molecule has 0 aliphatic heterocycles. The fraction of sp³-hybridized carbons (Fsp3) is 0. The van der Waals surface area contributed by atoms with Gasteiger partial charge in [-0.2, -0.15) is 0 Å². The van der Waals surface area contributed by atoms with Gasteiger partial charge in [0.1, 0.15) is 0 Å². The number of hydrogen-bond donors (Lipinski definition) is 0. The van der Waals surface area contributed by atoms with Crippen molar-refractivity contribution in [2.24, 2.45) is 0 Å². The number of rotatable bonds is 14. The van der Waals surface area contributed by atoms with Crippen molar-refractivity contribution in [2.45, 2.75) is 0 Å². The van der Waals surface area contributed by atoms with Gasteiger partial charge in [0.25, 0.3) is 0 Å². The van der Waals surface area contributed by atoms with Gasteiger partial charge in [-0.15, -0.1) is 34.0 Å². The number of benzene rings is 18. The first kappa shape index (κ1) is 66.9. The molecule has 0 saturated heterocycles. The number of hydrogen-bond acceptors (Lipinski definition) is 5. The molecule has 18 aromatic carbocycles. The summed E-state index contributed by atoms with van der Waals surface area (Å²) in [6.07, 6.45) is 0. The third-order valence-electron chi connectivity index (χ3n) is 21.6. The van der Waals surface area contributed by atoms with Crippen LogP contribution in [0.15, 0.2) is 425 Å². The molecule has 0 spiro atoms. The summed E-state index contributed by atoms with van der Waals surface area (Å²) in [5.41, 5.74) is 26.1. The molecule has 21 aromatic rings. The summed E-state index contributed by atoms with van der Waals surface area (Å²) in [4.78, 5) is 4.79. The summed E-state index contributed by atoms with van der Waals surface area (Å²) >= 11 is 5.58. The second-order valence-electron chi connectivity index (χ2n) is 28.2. The molecule has 0 radical (unpaired) electrons. The smallest absolute Gasteiger partial charge is 0.0476 e. The molecule has 2 nitrogen and oxygen atoms in total. The van der Waals surface area contributed by atoms with E-state index in [0.29, 0.717) is 0 Å². The molecule has 0 N–H and O–H groups in total. The molecule has 0 aliphatic carbocycles. The molecule has 0 aliphatic rings. The zero-order valence-electron chi connectivity index (χ0n) is 60.5. The average molecular weight is 1470 g/mol. The van der Waals surface area contributed by atoms with Crippen LogP contribution in [0, 0.1) is 0 Å². The molecule has 522 valence electrons. The largest absolute Gasteiger partial charge is 0.310 e. The summed E-state index contributed by atoms with van der Waals surface area (Å²) in [6.45, 7) is 0. The Labute approximate surface area is 657 Å². The SMILES string of the molecule is c1ccc(-c2ccc(-c3ccc(N(c4ccc(-c5cccc6ccccc56)cc4)c4cccc(-c5ccc6sc7ccccc7c6c5)c4)cc3)cc2-c2ccccc2)cc1.c1ccc(-c2ccc(-c3ccc(N(c4ccc5c(c4)sc4ccccc45)c4ccc5c(c4)sc4ccccc45)cc3)cc2-c2ccccc2)cc1. The van der Waals surface area contributed by atoms with Crippen molar-refractivity contribution in [1.82, 2.24) is 0 Å². The fourth-order valence-corrected chi connectivity index (χ4v) is 19.5. The van der Waals surface area contributed by atoms with Crippen LogP contribution >= 0.6 is 34.0 Å². The Morgan fingerprint density at radius 2 is 0.441 bits per heavy atom. The van der Waals surface area contributed by atoms with Crippen LogP contribution in [-0.4, -0.2) is 0 Å². The van der Waals surface area contributed by atoms with Crippen LogP contribution in [0.2, 0.25) is 0 Å². The highest BCUT2D eigenvalue weighted by Crippen LogP contribution is 2.47. The van der Waals surface area contributed by atoms with Gasteiger partial charge in [-0.25, -0.2) is 0 Å². The van der Waals surface area contributed by atoms with Gasteiger partial charge in [-0.05, 0) is 215 Å². The molecular weight excluding hydrogens is 1400 g/mol. The maximum absolute atomic E-state index is 2.41. The minimum Gasteiger partial charge on any atom is -0.310 e. The van der Waals surface area contributed by atoms with Crippen LogP contribution in [0.3, 0.4) is 0 Å². The van der Waals surface area contributed by atoms with E-state index in [9.17, 15) is 0 Å². The molecule has 3 heterocycles. The molecule has 21 rings (SSSR count). The van der Waals surface area contributed by atoms with Gasteiger partial charge < -0.3 is 9.80 Å². The first-order valence-corrected chi connectivity index (χ1v) is 40.2. The lowest BCUT2D eigenvalue weighted by Gasteiger charge is -2.26. The van der Waals surface area contributed by atoms with E-state index in [1.165, 1.54) is 160 Å². The Morgan fingerprint density at radius 1 is 0.135 bits per heavy atom. The third-order valence-corrected chi connectivity index (χ3v) is 25.0. The second kappa shape index (κ2) is 29.2. The van der Waals surface area contributed by atoms with Crippen LogP contribution in [0.1, 0.15) is 0 Å². The lowest BCUT2D eigenvalue weighted by molar-refractivity contribution is 1.28. The van der Waals surface area contributed by atoms with Gasteiger partial charge in [0.15, 0.2) is 0 Å². The Kier molecular flexibility index (Phi) is 17.6. The Balaban J connectivity index is 0.000000147. The van der Waals surface area contributed by atoms with Crippen molar-refractivity contribution < 1.29 is 0 Å². The van der Waals surface area contributed by atoms with Gasteiger partial charge in [-0.3, -0.25) is 0 Å². The molecule has 0 bridgehead atoms. The topological polar surface area (TPSA) is 6.48 Å². The zero-order chi connectivity index (χ0) is 73.6. The molecule has 0 unspecified atom stereocenters. The summed E-state index contributed by atoms with van der Waals surface area (Å²) in [7, 11) is 0. The Hall–Kier alpha value is -13.5. The maximum atomic E-state index is 2.41. The highest BCUT2D eigenvalue weighted by atomic mass is 32.1. The number of nitrogens with zero attached hydrogens (tertiary/aromatic N) is 2. The van der Waals surface area contributed by atoms with Crippen molar-refractivity contribution in [3.8, 4) is 89.0 Å². The van der Waals surface area contributed by atoms with Crippen molar-refractivity contribution in [2.75, 3.05) is 9.80 Å². The normalized spacial score (nSPS) is 11.4. The highest BCUT2D eigenvalue weighted by Gasteiger charge is 2.21. The average Bonchev–Trinajstić information content (AvgIpc) is 1.69. The minimum atomic E-state index is 1.09. The fourth-order valence-electron chi connectivity index (χ4n) is 16.1. The van der Waals surface area contributed by atoms with E-state index in [2.05, 4.69) is 434 Å². The van der Waals surface area contributed by atoms with Crippen molar-refractivity contribution in [3.05, 3.63) is 425 Å². The maximum Gasteiger partial charge on any atom is 0.0476 e. The van der Waals surface area contributed by atoms with Crippen LogP contribution in [0.4, 0.5) is 34.1 Å². The van der Waals surface area contributed by atoms with Crippen LogP contribution in [-0.2, 0) is 0 Å². The lowest BCUT2D eigenvalue weighted by atomic mass is 9.91. The molecule has 0 amide bonds. The van der Waals surface area contributed by atoms with Gasteiger partial charge in [0, 0.05) is 94.6 Å². The van der Waals surface area contributed by atoms with Gasteiger partial charge in [-0.1, -0.05) is 309 Å². The van der Waals surface area contributed by atoms with Crippen LogP contribution in [0.5, 0.6) is 0 Å². The van der Waals surface area contributed by atoms with Crippen LogP contribution < -0.4 is 9.80 Å². The molecule has 0 saturated carbocycles. The monoisotopic (exact) mass is 1470 g/mol. The van der Waals surface area contributed by atoms with E-state index >= 15 is 0 Å². The number of fused-ring (bicyclic) bond motifs is 10. The van der Waals surface area contributed by atoms with E-state index in [1.54, 1.807) is 0 Å². The van der Waals surface area contributed by atoms with Gasteiger partial charge in [0.05, 0.1) is 0 Å². The number of thiophene rings is 3.